The van der Waals surface area contributed by atoms with Crippen molar-refractivity contribution < 1.29 is 29.0 Å². The van der Waals surface area contributed by atoms with Gasteiger partial charge in [-0.1, -0.05) is 30.3 Å². The van der Waals surface area contributed by atoms with Crippen LogP contribution in [0.25, 0.3) is 0 Å². The molecular weight excluding hydrogens is 364 g/mol. The zero-order valence-corrected chi connectivity index (χ0v) is 16.5. The Hall–Kier alpha value is -2.77. The molecule has 0 radical (unpaired) electrons. The van der Waals surface area contributed by atoms with Gasteiger partial charge in [-0.15, -0.1) is 0 Å². The molecule has 154 valence electrons. The van der Waals surface area contributed by atoms with Gasteiger partial charge in [0, 0.05) is 6.54 Å². The number of hydrogen-bond donors (Lipinski definition) is 2. The van der Waals surface area contributed by atoms with Crippen molar-refractivity contribution in [3.8, 4) is 0 Å². The molecule has 0 aromatic heterocycles. The lowest BCUT2D eigenvalue weighted by Gasteiger charge is -2.38. The molecule has 2 unspecified atom stereocenters. The fourth-order valence-corrected chi connectivity index (χ4v) is 3.09. The third kappa shape index (κ3) is 6.44. The number of nitrogens with zero attached hydrogens (tertiary/aromatic N) is 1. The van der Waals surface area contributed by atoms with Crippen LogP contribution in [0.2, 0.25) is 0 Å². The van der Waals surface area contributed by atoms with Crippen molar-refractivity contribution in [2.45, 2.75) is 64.3 Å². The molecule has 1 aliphatic rings. The van der Waals surface area contributed by atoms with E-state index in [1.165, 1.54) is 4.90 Å². The number of hydrogen-bond acceptors (Lipinski definition) is 5. The number of rotatable bonds is 5. The van der Waals surface area contributed by atoms with Gasteiger partial charge in [0.2, 0.25) is 0 Å². The summed E-state index contributed by atoms with van der Waals surface area (Å²) in [5, 5.41) is 12.0. The quantitative estimate of drug-likeness (QED) is 0.797. The van der Waals surface area contributed by atoms with E-state index in [0.29, 0.717) is 13.0 Å². The van der Waals surface area contributed by atoms with E-state index in [0.717, 1.165) is 18.4 Å². The topological polar surface area (TPSA) is 105 Å². The van der Waals surface area contributed by atoms with E-state index in [-0.39, 0.29) is 6.61 Å². The van der Waals surface area contributed by atoms with Gasteiger partial charge in [0.25, 0.3) is 0 Å². The smallest absolute Gasteiger partial charge is 0.410 e. The number of ether oxygens (including phenoxy) is 2. The van der Waals surface area contributed by atoms with Gasteiger partial charge in [-0.05, 0) is 45.6 Å². The number of piperidine rings is 1. The lowest BCUT2D eigenvalue weighted by molar-refractivity contribution is -0.141. The van der Waals surface area contributed by atoms with Crippen LogP contribution < -0.4 is 5.32 Å². The maximum Gasteiger partial charge on any atom is 0.410 e. The molecule has 1 aromatic carbocycles. The number of likely N-dealkylation sites (tertiary alicyclic amines) is 1. The summed E-state index contributed by atoms with van der Waals surface area (Å²) in [5.74, 6) is -1.22. The average molecular weight is 392 g/mol. The highest BCUT2D eigenvalue weighted by atomic mass is 16.6. The van der Waals surface area contributed by atoms with E-state index in [1.807, 2.05) is 30.3 Å². The summed E-state index contributed by atoms with van der Waals surface area (Å²) in [6, 6.07) is 7.25. The Morgan fingerprint density at radius 2 is 1.89 bits per heavy atom. The van der Waals surface area contributed by atoms with Crippen LogP contribution >= 0.6 is 0 Å². The zero-order chi connectivity index (χ0) is 20.7. The third-order valence-electron chi connectivity index (χ3n) is 4.31. The number of carboxylic acid groups (broad SMARTS) is 1. The van der Waals surface area contributed by atoms with E-state index in [9.17, 15) is 19.5 Å². The second-order valence-electron chi connectivity index (χ2n) is 7.76. The standard InChI is InChI=1S/C20H28N2O6/c1-20(2,3)28-18(25)21-16(17(23)24)15-11-7-8-12-22(15)19(26)27-13-14-9-5-4-6-10-14/h4-6,9-10,15-16H,7-8,11-13H2,1-3H3,(H,21,25)(H,23,24). The summed E-state index contributed by atoms with van der Waals surface area (Å²) in [5.41, 5.74) is 0.0830. The number of benzene rings is 1. The molecule has 0 saturated carbocycles. The largest absolute Gasteiger partial charge is 0.480 e. The van der Waals surface area contributed by atoms with Gasteiger partial charge in [0.1, 0.15) is 12.2 Å². The van der Waals surface area contributed by atoms with Crippen molar-refractivity contribution in [3.63, 3.8) is 0 Å². The van der Waals surface area contributed by atoms with E-state index in [1.54, 1.807) is 20.8 Å². The Morgan fingerprint density at radius 3 is 2.50 bits per heavy atom. The van der Waals surface area contributed by atoms with Gasteiger partial charge in [0.15, 0.2) is 6.04 Å². The van der Waals surface area contributed by atoms with Crippen LogP contribution in [-0.4, -0.2) is 52.4 Å². The van der Waals surface area contributed by atoms with Gasteiger partial charge in [-0.25, -0.2) is 14.4 Å². The molecule has 0 aliphatic carbocycles. The molecule has 8 nitrogen and oxygen atoms in total. The fourth-order valence-electron chi connectivity index (χ4n) is 3.09. The van der Waals surface area contributed by atoms with Crippen LogP contribution in [0.15, 0.2) is 30.3 Å². The summed E-state index contributed by atoms with van der Waals surface area (Å²) < 4.78 is 10.5. The van der Waals surface area contributed by atoms with Gasteiger partial charge in [-0.2, -0.15) is 0 Å². The van der Waals surface area contributed by atoms with Crippen molar-refractivity contribution in [1.29, 1.82) is 0 Å². The molecule has 1 saturated heterocycles. The van der Waals surface area contributed by atoms with E-state index >= 15 is 0 Å². The summed E-state index contributed by atoms with van der Waals surface area (Å²) in [4.78, 5) is 37.9. The summed E-state index contributed by atoms with van der Waals surface area (Å²) in [6.07, 6.45) is 0.532. The SMILES string of the molecule is CC(C)(C)OC(=O)NC(C(=O)O)C1CCCCN1C(=O)OCc1ccccc1. The Morgan fingerprint density at radius 1 is 1.21 bits per heavy atom. The molecule has 0 bridgehead atoms. The molecule has 2 atom stereocenters. The van der Waals surface area contributed by atoms with Crippen LogP contribution in [0.5, 0.6) is 0 Å². The Labute approximate surface area is 164 Å². The lowest BCUT2D eigenvalue weighted by atomic mass is 9.96. The number of carbonyl (C=O) groups is 3. The molecule has 1 aromatic rings. The van der Waals surface area contributed by atoms with Crippen LogP contribution in [0.1, 0.15) is 45.6 Å². The molecule has 8 heteroatoms. The molecule has 2 N–H and O–H groups in total. The Balaban J connectivity index is 2.06. The average Bonchev–Trinajstić information content (AvgIpc) is 2.63. The first-order valence-corrected chi connectivity index (χ1v) is 9.37. The molecule has 0 spiro atoms. The highest BCUT2D eigenvalue weighted by Crippen LogP contribution is 2.22. The minimum absolute atomic E-state index is 0.0973. The number of alkyl carbamates (subject to hydrolysis) is 1. The summed E-state index contributed by atoms with van der Waals surface area (Å²) in [6.45, 7) is 5.54. The van der Waals surface area contributed by atoms with Crippen molar-refractivity contribution >= 4 is 18.2 Å². The predicted molar refractivity (Wildman–Crippen MR) is 102 cm³/mol. The number of nitrogens with one attached hydrogen (secondary N) is 1. The summed E-state index contributed by atoms with van der Waals surface area (Å²) in [7, 11) is 0. The lowest BCUT2D eigenvalue weighted by Crippen LogP contribution is -2.59. The first kappa shape index (κ1) is 21.5. The maximum atomic E-state index is 12.6. The van der Waals surface area contributed by atoms with Crippen LogP contribution in [0, 0.1) is 0 Å². The molecule has 2 rings (SSSR count). The molecule has 28 heavy (non-hydrogen) atoms. The van der Waals surface area contributed by atoms with E-state index in [4.69, 9.17) is 9.47 Å². The normalized spacial score (nSPS) is 18.1. The summed E-state index contributed by atoms with van der Waals surface area (Å²) >= 11 is 0. The third-order valence-corrected chi connectivity index (χ3v) is 4.31. The number of carboxylic acids is 1. The molecule has 1 fully saturated rings. The first-order valence-electron chi connectivity index (χ1n) is 9.37. The molecule has 1 aliphatic heterocycles. The predicted octanol–water partition coefficient (Wildman–Crippen LogP) is 3.16. The Kier molecular flexibility index (Phi) is 7.25. The van der Waals surface area contributed by atoms with Crippen LogP contribution in [0.4, 0.5) is 9.59 Å². The highest BCUT2D eigenvalue weighted by Gasteiger charge is 2.39. The molecular formula is C20H28N2O6. The van der Waals surface area contributed by atoms with Crippen LogP contribution in [-0.2, 0) is 20.9 Å². The Bertz CT molecular complexity index is 686. The monoisotopic (exact) mass is 392 g/mol. The van der Waals surface area contributed by atoms with Gasteiger partial charge >= 0.3 is 18.2 Å². The van der Waals surface area contributed by atoms with Crippen molar-refractivity contribution in [3.05, 3.63) is 35.9 Å². The minimum atomic E-state index is -1.28. The number of amides is 2. The van der Waals surface area contributed by atoms with Crippen molar-refractivity contribution in [2.24, 2.45) is 0 Å². The van der Waals surface area contributed by atoms with E-state index in [2.05, 4.69) is 5.32 Å². The highest BCUT2D eigenvalue weighted by molar-refractivity contribution is 5.82. The second-order valence-corrected chi connectivity index (χ2v) is 7.76. The molecule has 1 heterocycles. The fraction of sp³-hybridized carbons (Fsp3) is 0.550. The van der Waals surface area contributed by atoms with E-state index < -0.39 is 35.8 Å². The number of carbonyl (C=O) groups excluding carboxylic acids is 2. The van der Waals surface area contributed by atoms with Crippen LogP contribution in [0.3, 0.4) is 0 Å². The van der Waals surface area contributed by atoms with Gasteiger partial charge in [0.05, 0.1) is 6.04 Å². The first-order chi connectivity index (χ1) is 13.2. The second kappa shape index (κ2) is 9.43. The van der Waals surface area contributed by atoms with Gasteiger partial charge in [-0.3, -0.25) is 0 Å². The van der Waals surface area contributed by atoms with Crippen molar-refractivity contribution in [2.75, 3.05) is 6.54 Å². The number of aliphatic carboxylic acids is 1. The van der Waals surface area contributed by atoms with Gasteiger partial charge < -0.3 is 24.8 Å². The molecule has 2 amide bonds. The van der Waals surface area contributed by atoms with Crippen molar-refractivity contribution in [1.82, 2.24) is 10.2 Å². The minimum Gasteiger partial charge on any atom is -0.480 e. The zero-order valence-electron chi connectivity index (χ0n) is 16.5. The maximum absolute atomic E-state index is 12.6.